The second-order valence-electron chi connectivity index (χ2n) is 9.28. The number of aromatic nitrogens is 1. The number of benzene rings is 6. The van der Waals surface area contributed by atoms with Gasteiger partial charge in [0.15, 0.2) is 0 Å². The van der Waals surface area contributed by atoms with Gasteiger partial charge in [0.2, 0.25) is 0 Å². The molecule has 1 aromatic heterocycles. The Kier molecular flexibility index (Phi) is 4.90. The number of ether oxygens (including phenoxy) is 2. The van der Waals surface area contributed by atoms with E-state index in [0.717, 1.165) is 39.0 Å². The van der Waals surface area contributed by atoms with Crippen LogP contribution in [0.4, 0.5) is 0 Å². The summed E-state index contributed by atoms with van der Waals surface area (Å²) in [5, 5.41) is 7.06. The van der Waals surface area contributed by atoms with Gasteiger partial charge < -0.3 is 14.0 Å². The molecule has 0 fully saturated rings. The van der Waals surface area contributed by atoms with Gasteiger partial charge in [0.1, 0.15) is 11.5 Å². The average molecular weight is 480 g/mol. The second kappa shape index (κ2) is 8.42. The fourth-order valence-corrected chi connectivity index (χ4v) is 5.74. The van der Waals surface area contributed by atoms with Crippen LogP contribution in [-0.4, -0.2) is 18.8 Å². The molecule has 0 unspecified atom stereocenters. The predicted octanol–water partition coefficient (Wildman–Crippen LogP) is 8.77. The van der Waals surface area contributed by atoms with E-state index >= 15 is 0 Å². The Morgan fingerprint density at radius 1 is 0.486 bits per heavy atom. The third-order valence-electron chi connectivity index (χ3n) is 7.38. The van der Waals surface area contributed by atoms with Gasteiger partial charge in [0.05, 0.1) is 25.3 Å². The van der Waals surface area contributed by atoms with Crippen LogP contribution in [0.5, 0.6) is 11.5 Å². The van der Waals surface area contributed by atoms with E-state index in [1.807, 2.05) is 0 Å². The zero-order chi connectivity index (χ0) is 24.9. The van der Waals surface area contributed by atoms with E-state index < -0.39 is 0 Å². The number of nitrogens with zero attached hydrogens (tertiary/aromatic N) is 1. The number of hydrogen-bond donors (Lipinski definition) is 0. The molecule has 7 rings (SSSR count). The Morgan fingerprint density at radius 3 is 1.86 bits per heavy atom. The van der Waals surface area contributed by atoms with Gasteiger partial charge in [-0.2, -0.15) is 0 Å². The number of para-hydroxylation sites is 1. The van der Waals surface area contributed by atoms with Gasteiger partial charge in [-0.15, -0.1) is 0 Å². The molecule has 6 aromatic carbocycles. The first kappa shape index (κ1) is 21.5. The average Bonchev–Trinajstić information content (AvgIpc) is 3.30. The van der Waals surface area contributed by atoms with Crippen molar-refractivity contribution in [3.63, 3.8) is 0 Å². The van der Waals surface area contributed by atoms with Crippen molar-refractivity contribution in [2.75, 3.05) is 14.2 Å². The molecule has 0 bridgehead atoms. The van der Waals surface area contributed by atoms with Gasteiger partial charge in [0.25, 0.3) is 0 Å². The lowest BCUT2D eigenvalue weighted by molar-refractivity contribution is 0.420. The molecule has 3 heteroatoms. The third-order valence-corrected chi connectivity index (χ3v) is 7.38. The quantitative estimate of drug-likeness (QED) is 0.252. The number of fused-ring (bicyclic) bond motifs is 6. The van der Waals surface area contributed by atoms with Crippen LogP contribution in [0.2, 0.25) is 0 Å². The first-order valence-electron chi connectivity index (χ1n) is 12.4. The molecule has 0 amide bonds. The monoisotopic (exact) mass is 479 g/mol. The summed E-state index contributed by atoms with van der Waals surface area (Å²) < 4.78 is 13.9. The highest BCUT2D eigenvalue weighted by Crippen LogP contribution is 2.43. The van der Waals surface area contributed by atoms with Gasteiger partial charge in [-0.25, -0.2) is 0 Å². The molecule has 7 aromatic rings. The minimum absolute atomic E-state index is 0.879. The third kappa shape index (κ3) is 3.21. The maximum absolute atomic E-state index is 5.86. The van der Waals surface area contributed by atoms with Crippen LogP contribution in [0.15, 0.2) is 115 Å². The summed E-state index contributed by atoms with van der Waals surface area (Å²) in [4.78, 5) is 0. The normalized spacial score (nSPS) is 11.5. The van der Waals surface area contributed by atoms with Crippen LogP contribution in [0.25, 0.3) is 60.2 Å². The van der Waals surface area contributed by atoms with Crippen molar-refractivity contribution in [3.05, 3.63) is 115 Å². The Morgan fingerprint density at radius 2 is 1.14 bits per heavy atom. The minimum Gasteiger partial charge on any atom is -0.496 e. The number of rotatable bonds is 4. The first-order chi connectivity index (χ1) is 18.3. The van der Waals surface area contributed by atoms with E-state index in [2.05, 4.69) is 120 Å². The topological polar surface area (TPSA) is 23.4 Å². The van der Waals surface area contributed by atoms with E-state index in [-0.39, 0.29) is 0 Å². The van der Waals surface area contributed by atoms with Crippen molar-refractivity contribution in [1.82, 2.24) is 4.57 Å². The molecule has 0 aliphatic rings. The molecule has 178 valence electrons. The van der Waals surface area contributed by atoms with Crippen molar-refractivity contribution in [3.8, 4) is 28.3 Å². The Balaban J connectivity index is 1.62. The highest BCUT2D eigenvalue weighted by Gasteiger charge is 2.18. The second-order valence-corrected chi connectivity index (χ2v) is 9.28. The summed E-state index contributed by atoms with van der Waals surface area (Å²) in [6.07, 6.45) is 0. The highest BCUT2D eigenvalue weighted by molar-refractivity contribution is 6.23. The summed E-state index contributed by atoms with van der Waals surface area (Å²) >= 11 is 0. The number of hydrogen-bond acceptors (Lipinski definition) is 2. The fourth-order valence-electron chi connectivity index (χ4n) is 5.74. The van der Waals surface area contributed by atoms with Gasteiger partial charge in [-0.05, 0) is 46.2 Å². The molecule has 0 spiro atoms. The Labute approximate surface area is 215 Å². The predicted molar refractivity (Wildman–Crippen MR) is 154 cm³/mol. The zero-order valence-electron chi connectivity index (χ0n) is 20.7. The first-order valence-corrected chi connectivity index (χ1v) is 12.4. The van der Waals surface area contributed by atoms with Crippen molar-refractivity contribution in [2.45, 2.75) is 0 Å². The molecular formula is C34H25NO2. The SMILES string of the molecule is COc1ccc(-c2ccc3c4c5ccccc5c(OC)cc4n(-c4ccccc4)c3c2)c2ccccc12. The summed E-state index contributed by atoms with van der Waals surface area (Å²) in [6.45, 7) is 0. The molecule has 0 aliphatic carbocycles. The molecule has 3 nitrogen and oxygen atoms in total. The molecule has 0 aliphatic heterocycles. The molecule has 0 atom stereocenters. The van der Waals surface area contributed by atoms with Gasteiger partial charge in [-0.3, -0.25) is 0 Å². The van der Waals surface area contributed by atoms with Gasteiger partial charge in [-0.1, -0.05) is 84.9 Å². The van der Waals surface area contributed by atoms with Crippen LogP contribution in [0, 0.1) is 0 Å². The van der Waals surface area contributed by atoms with Crippen LogP contribution in [0.1, 0.15) is 0 Å². The largest absolute Gasteiger partial charge is 0.496 e. The van der Waals surface area contributed by atoms with Gasteiger partial charge in [0, 0.05) is 33.3 Å². The van der Waals surface area contributed by atoms with Crippen LogP contribution in [0.3, 0.4) is 0 Å². The van der Waals surface area contributed by atoms with Crippen LogP contribution in [-0.2, 0) is 0 Å². The molecule has 0 saturated carbocycles. The standard InChI is InChI=1S/C34H25NO2/c1-36-32-19-18-24(25-12-6-7-13-26(25)32)22-16-17-29-30(20-22)35(23-10-4-3-5-11-23)31-21-33(37-2)27-14-8-9-15-28(27)34(29)31/h3-21H,1-2H3. The van der Waals surface area contributed by atoms with Crippen molar-refractivity contribution >= 4 is 43.4 Å². The summed E-state index contributed by atoms with van der Waals surface area (Å²) in [5.74, 6) is 1.77. The minimum atomic E-state index is 0.879. The summed E-state index contributed by atoms with van der Waals surface area (Å²) in [7, 11) is 3.47. The van der Waals surface area contributed by atoms with E-state index in [1.165, 1.54) is 32.7 Å². The maximum Gasteiger partial charge on any atom is 0.128 e. The van der Waals surface area contributed by atoms with Crippen LogP contribution >= 0.6 is 0 Å². The van der Waals surface area contributed by atoms with Gasteiger partial charge >= 0.3 is 0 Å². The summed E-state index contributed by atoms with van der Waals surface area (Å²) in [6, 6.07) is 40.7. The molecule has 0 N–H and O–H groups in total. The highest BCUT2D eigenvalue weighted by atomic mass is 16.5. The van der Waals surface area contributed by atoms with E-state index in [9.17, 15) is 0 Å². The van der Waals surface area contributed by atoms with Crippen molar-refractivity contribution in [1.29, 1.82) is 0 Å². The molecule has 1 heterocycles. The molecule has 37 heavy (non-hydrogen) atoms. The lowest BCUT2D eigenvalue weighted by Crippen LogP contribution is -1.94. The Bertz CT molecular complexity index is 1950. The van der Waals surface area contributed by atoms with E-state index in [4.69, 9.17) is 9.47 Å². The lowest BCUT2D eigenvalue weighted by atomic mass is 9.96. The molecule has 0 radical (unpaired) electrons. The smallest absolute Gasteiger partial charge is 0.128 e. The van der Waals surface area contributed by atoms with E-state index in [1.54, 1.807) is 14.2 Å². The van der Waals surface area contributed by atoms with Crippen molar-refractivity contribution in [2.24, 2.45) is 0 Å². The van der Waals surface area contributed by atoms with Crippen molar-refractivity contribution < 1.29 is 9.47 Å². The van der Waals surface area contributed by atoms with E-state index in [0.29, 0.717) is 0 Å². The molecular weight excluding hydrogens is 454 g/mol. The maximum atomic E-state index is 5.86. The van der Waals surface area contributed by atoms with Crippen LogP contribution < -0.4 is 9.47 Å². The fraction of sp³-hybridized carbons (Fsp3) is 0.0588. The number of methoxy groups -OCH3 is 2. The lowest BCUT2D eigenvalue weighted by Gasteiger charge is -2.12. The zero-order valence-corrected chi connectivity index (χ0v) is 20.7. The summed E-state index contributed by atoms with van der Waals surface area (Å²) in [5.41, 5.74) is 5.77. The molecule has 0 saturated heterocycles. The Hall–Kier alpha value is -4.76.